The fraction of sp³-hybridized carbons (Fsp3) is 0.308. The first-order chi connectivity index (χ1) is 17.6. The first-order valence-corrected chi connectivity index (χ1v) is 13.1. The van der Waals surface area contributed by atoms with Gasteiger partial charge in [-0.15, -0.1) is 16.4 Å². The topological polar surface area (TPSA) is 82.3 Å². The second kappa shape index (κ2) is 11.2. The molecule has 0 atom stereocenters. The molecule has 1 aliphatic rings. The molecule has 8 nitrogen and oxygen atoms in total. The maximum absolute atomic E-state index is 12.4. The van der Waals surface area contributed by atoms with E-state index in [-0.39, 0.29) is 11.3 Å². The number of rotatable bonds is 10. The first-order valence-electron chi connectivity index (χ1n) is 11.9. The molecule has 0 amide bonds. The molecule has 186 valence electrons. The van der Waals surface area contributed by atoms with Gasteiger partial charge in [0.15, 0.2) is 5.78 Å². The molecule has 1 fully saturated rings. The predicted octanol–water partition coefficient (Wildman–Crippen LogP) is 4.42. The monoisotopic (exact) mass is 523 g/mol. The zero-order chi connectivity index (χ0) is 24.9. The van der Waals surface area contributed by atoms with Crippen LogP contribution >= 0.6 is 22.9 Å². The fourth-order valence-corrected chi connectivity index (χ4v) is 5.26. The van der Waals surface area contributed by atoms with E-state index < -0.39 is 0 Å². The lowest BCUT2D eigenvalue weighted by Gasteiger charge is -2.17. The number of aryl methyl sites for hydroxylation is 1. The van der Waals surface area contributed by atoms with Crippen molar-refractivity contribution in [3.8, 4) is 17.1 Å². The van der Waals surface area contributed by atoms with Crippen LogP contribution in [0.15, 0.2) is 65.7 Å². The molecular weight excluding hydrogens is 498 g/mol. The van der Waals surface area contributed by atoms with Crippen LogP contribution in [0.4, 0.5) is 0 Å². The number of ether oxygens (including phenoxy) is 1. The van der Waals surface area contributed by atoms with Gasteiger partial charge in [0.25, 0.3) is 5.56 Å². The first kappa shape index (κ1) is 24.4. The van der Waals surface area contributed by atoms with Gasteiger partial charge in [0.2, 0.25) is 0 Å². The van der Waals surface area contributed by atoms with E-state index in [2.05, 4.69) is 15.2 Å². The van der Waals surface area contributed by atoms with Crippen molar-refractivity contribution in [3.63, 3.8) is 0 Å². The van der Waals surface area contributed by atoms with Gasteiger partial charge in [0.1, 0.15) is 18.0 Å². The predicted molar refractivity (Wildman–Crippen MR) is 140 cm³/mol. The summed E-state index contributed by atoms with van der Waals surface area (Å²) in [6, 6.07) is 14.1. The Morgan fingerprint density at radius 1 is 1.11 bits per heavy atom. The standard InChI is InChI=1S/C26H26ClN5O3S/c27-25-11-10-24(36-25)22(33)9-6-19-18-32(29-28-19)21-8-7-20(31-14-2-1-5-26(31)34)17-23(21)35-16-15-30-12-3-4-13-30/h1-2,5,7-8,10-11,14,17-18H,3-4,6,9,12-13,15-16H2. The van der Waals surface area contributed by atoms with E-state index >= 15 is 0 Å². The molecule has 0 aliphatic carbocycles. The minimum atomic E-state index is -0.118. The second-order valence-corrected chi connectivity index (χ2v) is 10.4. The number of benzene rings is 1. The fourth-order valence-electron chi connectivity index (χ4n) is 4.25. The molecular formula is C26H26ClN5O3S. The Hall–Kier alpha value is -3.27. The van der Waals surface area contributed by atoms with E-state index in [0.29, 0.717) is 45.8 Å². The Bertz CT molecular complexity index is 1410. The third-order valence-electron chi connectivity index (χ3n) is 6.15. The van der Waals surface area contributed by atoms with Crippen molar-refractivity contribution in [2.45, 2.75) is 25.7 Å². The molecule has 4 aromatic rings. The summed E-state index contributed by atoms with van der Waals surface area (Å²) in [6.45, 7) is 3.56. The summed E-state index contributed by atoms with van der Waals surface area (Å²) < 4.78 is 10.0. The molecule has 1 saturated heterocycles. The van der Waals surface area contributed by atoms with Crippen LogP contribution in [0.25, 0.3) is 11.4 Å². The molecule has 1 aliphatic heterocycles. The highest BCUT2D eigenvalue weighted by Crippen LogP contribution is 2.27. The Kier molecular flexibility index (Phi) is 7.60. The summed E-state index contributed by atoms with van der Waals surface area (Å²) in [4.78, 5) is 27.8. The molecule has 1 aromatic carbocycles. The molecule has 10 heteroatoms. The highest BCUT2D eigenvalue weighted by atomic mass is 35.5. The molecule has 0 spiro atoms. The van der Waals surface area contributed by atoms with Gasteiger partial charge in [-0.3, -0.25) is 19.1 Å². The van der Waals surface area contributed by atoms with Crippen molar-refractivity contribution in [1.82, 2.24) is 24.5 Å². The summed E-state index contributed by atoms with van der Waals surface area (Å²) in [7, 11) is 0. The third-order valence-corrected chi connectivity index (χ3v) is 7.42. The van der Waals surface area contributed by atoms with Gasteiger partial charge in [-0.05, 0) is 56.3 Å². The van der Waals surface area contributed by atoms with Crippen LogP contribution in [-0.4, -0.2) is 56.5 Å². The normalized spacial score (nSPS) is 13.8. The van der Waals surface area contributed by atoms with Crippen molar-refractivity contribution in [3.05, 3.63) is 86.2 Å². The van der Waals surface area contributed by atoms with E-state index in [0.717, 1.165) is 25.3 Å². The Balaban J connectivity index is 1.35. The number of nitrogens with zero attached hydrogens (tertiary/aromatic N) is 5. The van der Waals surface area contributed by atoms with Crippen molar-refractivity contribution in [1.29, 1.82) is 0 Å². The van der Waals surface area contributed by atoms with Crippen LogP contribution in [-0.2, 0) is 6.42 Å². The van der Waals surface area contributed by atoms with Gasteiger partial charge in [0, 0.05) is 37.7 Å². The second-order valence-electron chi connectivity index (χ2n) is 8.64. The number of ketones is 1. The lowest BCUT2D eigenvalue weighted by atomic mass is 10.1. The van der Waals surface area contributed by atoms with Gasteiger partial charge in [-0.25, -0.2) is 4.68 Å². The average molecular weight is 524 g/mol. The Morgan fingerprint density at radius 2 is 1.97 bits per heavy atom. The summed E-state index contributed by atoms with van der Waals surface area (Å²) in [5.41, 5.74) is 2.02. The van der Waals surface area contributed by atoms with Crippen LogP contribution < -0.4 is 10.3 Å². The number of hydrogen-bond acceptors (Lipinski definition) is 7. The van der Waals surface area contributed by atoms with E-state index in [9.17, 15) is 9.59 Å². The number of aromatic nitrogens is 4. The average Bonchev–Trinajstić information content (AvgIpc) is 3.66. The van der Waals surface area contributed by atoms with Gasteiger partial charge >= 0.3 is 0 Å². The van der Waals surface area contributed by atoms with E-state index in [4.69, 9.17) is 16.3 Å². The SMILES string of the molecule is O=C(CCc1cn(-c2ccc(-n3ccccc3=O)cc2OCCN2CCCC2)nn1)c1ccc(Cl)s1. The minimum absolute atomic E-state index is 0.0324. The number of Topliss-reactive ketones (excluding diaryl/α,β-unsaturated/α-hetero) is 1. The maximum Gasteiger partial charge on any atom is 0.255 e. The Labute approximate surface area is 217 Å². The maximum atomic E-state index is 12.4. The highest BCUT2D eigenvalue weighted by molar-refractivity contribution is 7.18. The lowest BCUT2D eigenvalue weighted by molar-refractivity contribution is 0.0986. The number of hydrogen-bond donors (Lipinski definition) is 0. The molecule has 36 heavy (non-hydrogen) atoms. The third kappa shape index (κ3) is 5.75. The Morgan fingerprint density at radius 3 is 2.75 bits per heavy atom. The van der Waals surface area contributed by atoms with Crippen LogP contribution in [0.1, 0.15) is 34.6 Å². The number of pyridine rings is 1. The number of carbonyl (C=O) groups is 1. The molecule has 0 N–H and O–H groups in total. The molecule has 0 unspecified atom stereocenters. The zero-order valence-corrected chi connectivity index (χ0v) is 21.2. The van der Waals surface area contributed by atoms with Crippen LogP contribution in [0.2, 0.25) is 4.34 Å². The lowest BCUT2D eigenvalue weighted by Crippen LogP contribution is -2.25. The molecule has 0 radical (unpaired) electrons. The number of carbonyl (C=O) groups excluding carboxylic acids is 1. The molecule has 5 rings (SSSR count). The summed E-state index contributed by atoms with van der Waals surface area (Å²) in [6.07, 6.45) is 6.78. The van der Waals surface area contributed by atoms with Gasteiger partial charge < -0.3 is 4.74 Å². The zero-order valence-electron chi connectivity index (χ0n) is 19.7. The van der Waals surface area contributed by atoms with E-state index in [1.165, 1.54) is 30.2 Å². The van der Waals surface area contributed by atoms with Crippen molar-refractivity contribution < 1.29 is 9.53 Å². The van der Waals surface area contributed by atoms with Crippen molar-refractivity contribution in [2.24, 2.45) is 0 Å². The van der Waals surface area contributed by atoms with Crippen molar-refractivity contribution >= 4 is 28.7 Å². The number of likely N-dealkylation sites (tertiary alicyclic amines) is 1. The largest absolute Gasteiger partial charge is 0.490 e. The minimum Gasteiger partial charge on any atom is -0.490 e. The number of halogens is 1. The molecule has 4 heterocycles. The van der Waals surface area contributed by atoms with Crippen LogP contribution in [0.3, 0.4) is 0 Å². The molecule has 3 aromatic heterocycles. The van der Waals surface area contributed by atoms with Crippen LogP contribution in [0, 0.1) is 0 Å². The van der Waals surface area contributed by atoms with E-state index in [1.807, 2.05) is 30.5 Å². The molecule has 0 bridgehead atoms. The highest BCUT2D eigenvalue weighted by Gasteiger charge is 2.15. The van der Waals surface area contributed by atoms with Gasteiger partial charge in [-0.1, -0.05) is 22.9 Å². The smallest absolute Gasteiger partial charge is 0.255 e. The van der Waals surface area contributed by atoms with Gasteiger partial charge in [-0.2, -0.15) is 0 Å². The molecule has 0 saturated carbocycles. The van der Waals surface area contributed by atoms with Gasteiger partial charge in [0.05, 0.1) is 26.8 Å². The van der Waals surface area contributed by atoms with Crippen molar-refractivity contribution in [2.75, 3.05) is 26.2 Å². The summed E-state index contributed by atoms with van der Waals surface area (Å²) in [5, 5.41) is 8.55. The summed E-state index contributed by atoms with van der Waals surface area (Å²) in [5.74, 6) is 0.647. The van der Waals surface area contributed by atoms with Crippen LogP contribution in [0.5, 0.6) is 5.75 Å². The van der Waals surface area contributed by atoms with E-state index in [1.54, 1.807) is 33.6 Å². The number of thiophene rings is 1. The quantitative estimate of drug-likeness (QED) is 0.286. The summed E-state index contributed by atoms with van der Waals surface area (Å²) >= 11 is 7.23.